The summed E-state index contributed by atoms with van der Waals surface area (Å²) in [4.78, 5) is 11.4. The highest BCUT2D eigenvalue weighted by Crippen LogP contribution is 2.26. The highest BCUT2D eigenvalue weighted by Gasteiger charge is 2.09. The third-order valence-electron chi connectivity index (χ3n) is 4.46. The molecule has 29 heavy (non-hydrogen) atoms. The topological polar surface area (TPSA) is 35.5 Å². The van der Waals surface area contributed by atoms with Crippen LogP contribution in [0, 0.1) is 11.6 Å². The van der Waals surface area contributed by atoms with Crippen molar-refractivity contribution in [1.82, 2.24) is 0 Å². The van der Waals surface area contributed by atoms with Crippen LogP contribution in [-0.4, -0.2) is 12.6 Å². The van der Waals surface area contributed by atoms with Gasteiger partial charge in [0.1, 0.15) is 24.0 Å². The molecule has 150 valence electrons. The molecule has 0 fully saturated rings. The molecule has 0 aliphatic carbocycles. The molecule has 0 N–H and O–H groups in total. The number of ether oxygens (including phenoxy) is 2. The third-order valence-corrected chi connectivity index (χ3v) is 4.46. The molecule has 3 nitrogen and oxygen atoms in total. The highest BCUT2D eigenvalue weighted by atomic mass is 19.1. The van der Waals surface area contributed by atoms with Crippen LogP contribution < -0.4 is 4.74 Å². The van der Waals surface area contributed by atoms with Crippen molar-refractivity contribution in [2.75, 3.05) is 6.61 Å². The van der Waals surface area contributed by atoms with E-state index in [1.165, 1.54) is 24.3 Å². The molecular weight excluding hydrogens is 374 g/mol. The Bertz CT molecular complexity index is 951. The third kappa shape index (κ3) is 5.88. The lowest BCUT2D eigenvalue weighted by molar-refractivity contribution is -0.143. The lowest BCUT2D eigenvalue weighted by Gasteiger charge is -2.12. The minimum Gasteiger partial charge on any atom is -0.489 e. The first-order valence-corrected chi connectivity index (χ1v) is 9.47. The van der Waals surface area contributed by atoms with E-state index in [1.54, 1.807) is 25.1 Å². The Hall–Kier alpha value is -3.21. The van der Waals surface area contributed by atoms with Crippen molar-refractivity contribution in [1.29, 1.82) is 0 Å². The number of aryl methyl sites for hydroxylation is 1. The Balaban J connectivity index is 1.66. The Morgan fingerprint density at radius 1 is 0.897 bits per heavy atom. The molecular formula is C24H22F2O3. The number of carbonyl (C=O) groups excluding carboxylic acids is 1. The average molecular weight is 396 g/mol. The molecule has 0 amide bonds. The molecule has 3 rings (SSSR count). The normalized spacial score (nSPS) is 10.6. The Labute approximate surface area is 168 Å². The molecule has 0 spiro atoms. The van der Waals surface area contributed by atoms with Gasteiger partial charge in [0, 0.05) is 6.42 Å². The van der Waals surface area contributed by atoms with E-state index in [1.807, 2.05) is 24.3 Å². The fraction of sp³-hybridized carbons (Fsp3) is 0.208. The van der Waals surface area contributed by atoms with E-state index in [-0.39, 0.29) is 24.2 Å². The van der Waals surface area contributed by atoms with E-state index >= 15 is 0 Å². The fourth-order valence-corrected chi connectivity index (χ4v) is 2.99. The van der Waals surface area contributed by atoms with Gasteiger partial charge >= 0.3 is 5.97 Å². The van der Waals surface area contributed by atoms with Gasteiger partial charge in [-0.1, -0.05) is 30.3 Å². The second-order valence-electron chi connectivity index (χ2n) is 6.55. The number of rotatable bonds is 8. The van der Waals surface area contributed by atoms with Crippen molar-refractivity contribution in [3.8, 4) is 16.9 Å². The van der Waals surface area contributed by atoms with Crippen LogP contribution in [-0.2, 0) is 22.6 Å². The lowest BCUT2D eigenvalue weighted by Crippen LogP contribution is -2.05. The van der Waals surface area contributed by atoms with Crippen LogP contribution >= 0.6 is 0 Å². The summed E-state index contributed by atoms with van der Waals surface area (Å²) in [5.41, 5.74) is 3.25. The van der Waals surface area contributed by atoms with Gasteiger partial charge in [0.25, 0.3) is 0 Å². The fourth-order valence-electron chi connectivity index (χ4n) is 2.99. The van der Waals surface area contributed by atoms with Gasteiger partial charge in [-0.25, -0.2) is 8.78 Å². The number of benzene rings is 3. The summed E-state index contributed by atoms with van der Waals surface area (Å²) in [7, 11) is 0. The summed E-state index contributed by atoms with van der Waals surface area (Å²) in [6.07, 6.45) is 0.927. The van der Waals surface area contributed by atoms with Crippen LogP contribution in [0.25, 0.3) is 11.1 Å². The zero-order chi connectivity index (χ0) is 20.6. The first kappa shape index (κ1) is 20.5. The van der Waals surface area contributed by atoms with E-state index in [2.05, 4.69) is 0 Å². The summed E-state index contributed by atoms with van der Waals surface area (Å²) in [6, 6.07) is 17.9. The molecule has 0 radical (unpaired) electrons. The molecule has 0 atom stereocenters. The standard InChI is InChI=1S/C24H22F2O3/c1-2-28-24(27)14-5-17-3-11-22(12-4-17)29-16-19-15-21(26)10-13-23(19)18-6-8-20(25)9-7-18/h3-4,6-13,15H,2,5,14,16H2,1H3. The van der Waals surface area contributed by atoms with Crippen molar-refractivity contribution >= 4 is 5.97 Å². The van der Waals surface area contributed by atoms with Crippen LogP contribution in [0.3, 0.4) is 0 Å². The van der Waals surface area contributed by atoms with E-state index in [4.69, 9.17) is 9.47 Å². The van der Waals surface area contributed by atoms with Crippen molar-refractivity contribution in [2.24, 2.45) is 0 Å². The molecule has 0 aliphatic heterocycles. The predicted octanol–water partition coefficient (Wildman–Crippen LogP) is 5.71. The summed E-state index contributed by atoms with van der Waals surface area (Å²) in [5, 5.41) is 0. The van der Waals surface area contributed by atoms with Gasteiger partial charge in [-0.05, 0) is 72.0 Å². The van der Waals surface area contributed by atoms with E-state index in [0.717, 1.165) is 16.7 Å². The van der Waals surface area contributed by atoms with Gasteiger partial charge in [0.2, 0.25) is 0 Å². The minimum absolute atomic E-state index is 0.173. The predicted molar refractivity (Wildman–Crippen MR) is 108 cm³/mol. The molecule has 0 saturated heterocycles. The maximum atomic E-state index is 13.8. The van der Waals surface area contributed by atoms with E-state index in [9.17, 15) is 13.6 Å². The van der Waals surface area contributed by atoms with Crippen molar-refractivity contribution < 1.29 is 23.0 Å². The van der Waals surface area contributed by atoms with Crippen LogP contribution in [0.15, 0.2) is 66.7 Å². The minimum atomic E-state index is -0.358. The molecule has 3 aromatic rings. The molecule has 0 aliphatic rings. The van der Waals surface area contributed by atoms with Crippen LogP contribution in [0.2, 0.25) is 0 Å². The van der Waals surface area contributed by atoms with Gasteiger partial charge in [-0.3, -0.25) is 4.79 Å². The SMILES string of the molecule is CCOC(=O)CCc1ccc(OCc2cc(F)ccc2-c2ccc(F)cc2)cc1. The summed E-state index contributed by atoms with van der Waals surface area (Å²) in [5.74, 6) is -0.257. The van der Waals surface area contributed by atoms with Gasteiger partial charge in [-0.2, -0.15) is 0 Å². The first-order valence-electron chi connectivity index (χ1n) is 9.47. The lowest BCUT2D eigenvalue weighted by atomic mass is 10.00. The molecule has 0 heterocycles. The number of carbonyl (C=O) groups is 1. The van der Waals surface area contributed by atoms with Gasteiger partial charge in [0.15, 0.2) is 0 Å². The van der Waals surface area contributed by atoms with Gasteiger partial charge < -0.3 is 9.47 Å². The Kier molecular flexibility index (Phi) is 6.95. The van der Waals surface area contributed by atoms with Crippen molar-refractivity contribution in [3.63, 3.8) is 0 Å². The zero-order valence-corrected chi connectivity index (χ0v) is 16.2. The number of halogens is 2. The maximum absolute atomic E-state index is 13.8. The van der Waals surface area contributed by atoms with E-state index < -0.39 is 0 Å². The smallest absolute Gasteiger partial charge is 0.306 e. The largest absolute Gasteiger partial charge is 0.489 e. The first-order chi connectivity index (χ1) is 14.0. The van der Waals surface area contributed by atoms with Crippen LogP contribution in [0.1, 0.15) is 24.5 Å². The molecule has 0 unspecified atom stereocenters. The quantitative estimate of drug-likeness (QED) is 0.458. The molecule has 3 aromatic carbocycles. The average Bonchev–Trinajstić information content (AvgIpc) is 2.73. The van der Waals surface area contributed by atoms with Crippen LogP contribution in [0.5, 0.6) is 5.75 Å². The molecule has 0 saturated carbocycles. The molecule has 0 aromatic heterocycles. The van der Waals surface area contributed by atoms with E-state index in [0.29, 0.717) is 30.8 Å². The van der Waals surface area contributed by atoms with Crippen LogP contribution in [0.4, 0.5) is 8.78 Å². The number of hydrogen-bond acceptors (Lipinski definition) is 3. The maximum Gasteiger partial charge on any atom is 0.306 e. The number of hydrogen-bond donors (Lipinski definition) is 0. The Morgan fingerprint density at radius 2 is 1.59 bits per heavy atom. The van der Waals surface area contributed by atoms with Crippen molar-refractivity contribution in [2.45, 2.75) is 26.4 Å². The highest BCUT2D eigenvalue weighted by molar-refractivity contribution is 5.69. The Morgan fingerprint density at radius 3 is 2.28 bits per heavy atom. The zero-order valence-electron chi connectivity index (χ0n) is 16.2. The molecule has 5 heteroatoms. The summed E-state index contributed by atoms with van der Waals surface area (Å²) >= 11 is 0. The number of esters is 1. The second kappa shape index (κ2) is 9.82. The van der Waals surface area contributed by atoms with Gasteiger partial charge in [0.05, 0.1) is 6.61 Å². The second-order valence-corrected chi connectivity index (χ2v) is 6.55. The van der Waals surface area contributed by atoms with Gasteiger partial charge in [-0.15, -0.1) is 0 Å². The summed E-state index contributed by atoms with van der Waals surface area (Å²) in [6.45, 7) is 2.34. The molecule has 0 bridgehead atoms. The van der Waals surface area contributed by atoms with Crippen molar-refractivity contribution in [3.05, 3.63) is 89.5 Å². The monoisotopic (exact) mass is 396 g/mol. The summed E-state index contributed by atoms with van der Waals surface area (Å²) < 4.78 is 37.7.